The van der Waals surface area contributed by atoms with E-state index in [0.717, 1.165) is 12.8 Å². The summed E-state index contributed by atoms with van der Waals surface area (Å²) in [6.07, 6.45) is 3.38. The quantitative estimate of drug-likeness (QED) is 0.485. The molecule has 0 spiro atoms. The second-order valence-electron chi connectivity index (χ2n) is 4.11. The Balaban J connectivity index is 3.97. The van der Waals surface area contributed by atoms with Gasteiger partial charge in [-0.05, 0) is 19.9 Å². The van der Waals surface area contributed by atoms with Crippen molar-refractivity contribution in [2.24, 2.45) is 0 Å². The Hall–Kier alpha value is -0.610. The van der Waals surface area contributed by atoms with Crippen LogP contribution in [0.2, 0.25) is 0 Å². The number of likely N-dealkylation sites (N-methyl/N-ethyl adjacent to an activating group) is 1. The summed E-state index contributed by atoms with van der Waals surface area (Å²) in [5.41, 5.74) is -0.726. The Labute approximate surface area is 98.7 Å². The largest absolute Gasteiger partial charge is 0.468 e. The third kappa shape index (κ3) is 5.47. The minimum absolute atomic E-state index is 0.273. The number of nitrogens with one attached hydrogen (secondary N) is 1. The van der Waals surface area contributed by atoms with Gasteiger partial charge in [-0.2, -0.15) is 0 Å². The lowest BCUT2D eigenvalue weighted by atomic mass is 10.0. The van der Waals surface area contributed by atoms with Crippen molar-refractivity contribution in [3.8, 4) is 0 Å². The fourth-order valence-corrected chi connectivity index (χ4v) is 1.53. The molecule has 0 aliphatic rings. The van der Waals surface area contributed by atoms with Crippen LogP contribution in [0.25, 0.3) is 0 Å². The SMILES string of the molecule is CCCCCOCC(C)(NCC)C(=O)OC. The molecule has 0 amide bonds. The molecule has 0 saturated heterocycles. The molecule has 16 heavy (non-hydrogen) atoms. The fraction of sp³-hybridized carbons (Fsp3) is 0.917. The normalized spacial score (nSPS) is 14.5. The number of ether oxygens (including phenoxy) is 2. The molecular weight excluding hydrogens is 206 g/mol. The lowest BCUT2D eigenvalue weighted by Crippen LogP contribution is -2.53. The van der Waals surface area contributed by atoms with Crippen molar-refractivity contribution < 1.29 is 14.3 Å². The summed E-state index contributed by atoms with van der Waals surface area (Å²) < 4.78 is 10.3. The topological polar surface area (TPSA) is 47.6 Å². The number of unbranched alkanes of at least 4 members (excludes halogenated alkanes) is 2. The van der Waals surface area contributed by atoms with E-state index in [0.29, 0.717) is 19.8 Å². The standard InChI is InChI=1S/C12H25NO3/c1-5-7-8-9-16-10-12(3,13-6-2)11(14)15-4/h13H,5-10H2,1-4H3. The highest BCUT2D eigenvalue weighted by Gasteiger charge is 2.33. The molecule has 0 rings (SSSR count). The first-order chi connectivity index (χ1) is 7.60. The molecule has 1 unspecified atom stereocenters. The van der Waals surface area contributed by atoms with Crippen molar-refractivity contribution in [2.75, 3.05) is 26.9 Å². The zero-order chi connectivity index (χ0) is 12.4. The van der Waals surface area contributed by atoms with Crippen LogP contribution in [0.4, 0.5) is 0 Å². The van der Waals surface area contributed by atoms with Gasteiger partial charge in [0.05, 0.1) is 13.7 Å². The summed E-state index contributed by atoms with van der Waals surface area (Å²) in [6, 6.07) is 0. The predicted octanol–water partition coefficient (Wildman–Crippen LogP) is 1.73. The summed E-state index contributed by atoms with van der Waals surface area (Å²) in [4.78, 5) is 11.6. The Kier molecular flexibility index (Phi) is 8.21. The van der Waals surface area contributed by atoms with E-state index in [1.807, 2.05) is 13.8 Å². The number of hydrogen-bond acceptors (Lipinski definition) is 4. The first-order valence-corrected chi connectivity index (χ1v) is 6.02. The maximum Gasteiger partial charge on any atom is 0.328 e. The van der Waals surface area contributed by atoms with Crippen molar-refractivity contribution in [3.63, 3.8) is 0 Å². The van der Waals surface area contributed by atoms with E-state index in [2.05, 4.69) is 12.2 Å². The lowest BCUT2D eigenvalue weighted by molar-refractivity contribution is -0.150. The maximum absolute atomic E-state index is 11.6. The minimum atomic E-state index is -0.726. The molecule has 0 aromatic rings. The Morgan fingerprint density at radius 3 is 2.50 bits per heavy atom. The molecule has 0 fully saturated rings. The van der Waals surface area contributed by atoms with E-state index in [1.54, 1.807) is 0 Å². The average Bonchev–Trinajstić information content (AvgIpc) is 2.28. The van der Waals surface area contributed by atoms with Gasteiger partial charge in [-0.3, -0.25) is 0 Å². The second-order valence-corrected chi connectivity index (χ2v) is 4.11. The van der Waals surface area contributed by atoms with Crippen LogP contribution >= 0.6 is 0 Å². The third-order valence-electron chi connectivity index (χ3n) is 2.49. The molecule has 0 saturated carbocycles. The number of hydrogen-bond donors (Lipinski definition) is 1. The zero-order valence-electron chi connectivity index (χ0n) is 11.0. The van der Waals surface area contributed by atoms with Gasteiger partial charge < -0.3 is 14.8 Å². The van der Waals surface area contributed by atoms with Crippen LogP contribution in [0.3, 0.4) is 0 Å². The number of esters is 1. The summed E-state index contributed by atoms with van der Waals surface area (Å²) in [5, 5.41) is 3.10. The van der Waals surface area contributed by atoms with Gasteiger partial charge in [0.1, 0.15) is 5.54 Å². The van der Waals surface area contributed by atoms with Gasteiger partial charge >= 0.3 is 5.97 Å². The van der Waals surface area contributed by atoms with E-state index in [4.69, 9.17) is 9.47 Å². The lowest BCUT2D eigenvalue weighted by Gasteiger charge is -2.27. The molecule has 1 N–H and O–H groups in total. The fourth-order valence-electron chi connectivity index (χ4n) is 1.53. The van der Waals surface area contributed by atoms with Crippen LogP contribution in [0.1, 0.15) is 40.0 Å². The Morgan fingerprint density at radius 2 is 2.00 bits per heavy atom. The summed E-state index contributed by atoms with van der Waals surface area (Å²) in [5.74, 6) is -0.273. The molecule has 0 aliphatic carbocycles. The summed E-state index contributed by atoms with van der Waals surface area (Å²) in [6.45, 7) is 7.69. The monoisotopic (exact) mass is 231 g/mol. The average molecular weight is 231 g/mol. The van der Waals surface area contributed by atoms with E-state index in [9.17, 15) is 4.79 Å². The summed E-state index contributed by atoms with van der Waals surface area (Å²) >= 11 is 0. The van der Waals surface area contributed by atoms with Crippen LogP contribution in [0, 0.1) is 0 Å². The second kappa shape index (κ2) is 8.53. The molecule has 4 heteroatoms. The molecule has 1 atom stereocenters. The van der Waals surface area contributed by atoms with Gasteiger partial charge in [0.25, 0.3) is 0 Å². The first-order valence-electron chi connectivity index (χ1n) is 6.02. The van der Waals surface area contributed by atoms with Gasteiger partial charge in [0.15, 0.2) is 0 Å². The Bertz CT molecular complexity index is 197. The highest BCUT2D eigenvalue weighted by molar-refractivity contribution is 5.80. The molecule has 0 radical (unpaired) electrons. The molecular formula is C12H25NO3. The van der Waals surface area contributed by atoms with Crippen LogP contribution in [0.5, 0.6) is 0 Å². The van der Waals surface area contributed by atoms with Crippen LogP contribution < -0.4 is 5.32 Å². The smallest absolute Gasteiger partial charge is 0.328 e. The van der Waals surface area contributed by atoms with E-state index >= 15 is 0 Å². The highest BCUT2D eigenvalue weighted by Crippen LogP contribution is 2.07. The molecule has 4 nitrogen and oxygen atoms in total. The number of carbonyl (C=O) groups excluding carboxylic acids is 1. The number of rotatable bonds is 9. The number of carbonyl (C=O) groups is 1. The van der Waals surface area contributed by atoms with Gasteiger partial charge in [-0.25, -0.2) is 4.79 Å². The first kappa shape index (κ1) is 15.4. The van der Waals surface area contributed by atoms with Crippen molar-refractivity contribution in [1.29, 1.82) is 0 Å². The van der Waals surface area contributed by atoms with Crippen molar-refractivity contribution in [3.05, 3.63) is 0 Å². The van der Waals surface area contributed by atoms with E-state index in [1.165, 1.54) is 13.5 Å². The molecule has 96 valence electrons. The van der Waals surface area contributed by atoms with Crippen molar-refractivity contribution in [2.45, 2.75) is 45.6 Å². The highest BCUT2D eigenvalue weighted by atomic mass is 16.5. The van der Waals surface area contributed by atoms with Gasteiger partial charge in [0.2, 0.25) is 0 Å². The van der Waals surface area contributed by atoms with E-state index in [-0.39, 0.29) is 5.97 Å². The van der Waals surface area contributed by atoms with Crippen LogP contribution in [-0.4, -0.2) is 38.4 Å². The van der Waals surface area contributed by atoms with Gasteiger partial charge in [-0.1, -0.05) is 26.7 Å². The number of methoxy groups -OCH3 is 1. The maximum atomic E-state index is 11.6. The zero-order valence-corrected chi connectivity index (χ0v) is 11.0. The van der Waals surface area contributed by atoms with Crippen LogP contribution in [-0.2, 0) is 14.3 Å². The van der Waals surface area contributed by atoms with E-state index < -0.39 is 5.54 Å². The van der Waals surface area contributed by atoms with Gasteiger partial charge in [0, 0.05) is 6.61 Å². The molecule has 0 aromatic heterocycles. The molecule has 0 aromatic carbocycles. The van der Waals surface area contributed by atoms with Crippen molar-refractivity contribution >= 4 is 5.97 Å². The van der Waals surface area contributed by atoms with Gasteiger partial charge in [-0.15, -0.1) is 0 Å². The predicted molar refractivity (Wildman–Crippen MR) is 64.4 cm³/mol. The minimum Gasteiger partial charge on any atom is -0.468 e. The third-order valence-corrected chi connectivity index (χ3v) is 2.49. The molecule has 0 aliphatic heterocycles. The molecule has 0 bridgehead atoms. The van der Waals surface area contributed by atoms with Crippen molar-refractivity contribution in [1.82, 2.24) is 5.32 Å². The Morgan fingerprint density at radius 1 is 1.31 bits per heavy atom. The van der Waals surface area contributed by atoms with Crippen LogP contribution in [0.15, 0.2) is 0 Å². The summed E-state index contributed by atoms with van der Waals surface area (Å²) in [7, 11) is 1.40. The molecule has 0 heterocycles.